The van der Waals surface area contributed by atoms with Crippen LogP contribution in [-0.4, -0.2) is 61.2 Å². The van der Waals surface area contributed by atoms with Gasteiger partial charge in [0.15, 0.2) is 5.76 Å². The zero-order valence-corrected chi connectivity index (χ0v) is 22.6. The Balaban J connectivity index is 1.08. The minimum Gasteiger partial charge on any atom is -0.455 e. The highest BCUT2D eigenvalue weighted by Gasteiger charge is 2.45. The standard InChI is InChI=1S/C33H37N3O3/c1-33(27-11-4-2-5-12-27)21-26(22-33)32(31-20-25-10-8-9-15-30(25)39-31)34-38-24-29(37)23-35-16-18-36(19-17-35)28-13-6-3-7-14-28/h2-15,20,26,29,37H,16-19,21-24H2,1H3/b34-32+. The van der Waals surface area contributed by atoms with Gasteiger partial charge in [-0.05, 0) is 48.1 Å². The lowest BCUT2D eigenvalue weighted by Crippen LogP contribution is -2.49. The number of anilines is 1. The molecule has 2 fully saturated rings. The van der Waals surface area contributed by atoms with Gasteiger partial charge in [0, 0.05) is 49.7 Å². The van der Waals surface area contributed by atoms with Crippen molar-refractivity contribution in [3.63, 3.8) is 0 Å². The molecule has 39 heavy (non-hydrogen) atoms. The largest absolute Gasteiger partial charge is 0.455 e. The summed E-state index contributed by atoms with van der Waals surface area (Å²) in [5, 5.41) is 16.4. The first-order chi connectivity index (χ1) is 19.1. The molecule has 0 spiro atoms. The Bertz CT molecular complexity index is 1350. The number of aliphatic hydroxyl groups is 1. The zero-order chi connectivity index (χ0) is 26.7. The van der Waals surface area contributed by atoms with Crippen LogP contribution in [0.4, 0.5) is 5.69 Å². The second-order valence-corrected chi connectivity index (χ2v) is 11.2. The fraction of sp³-hybridized carbons (Fsp3) is 0.364. The first-order valence-electron chi connectivity index (χ1n) is 14.0. The quantitative estimate of drug-likeness (QED) is 0.225. The third kappa shape index (κ3) is 5.72. The Kier molecular flexibility index (Phi) is 7.40. The Morgan fingerprint density at radius 2 is 1.62 bits per heavy atom. The van der Waals surface area contributed by atoms with Gasteiger partial charge in [-0.1, -0.05) is 78.8 Å². The maximum absolute atomic E-state index is 10.8. The van der Waals surface area contributed by atoms with Crippen LogP contribution in [0.25, 0.3) is 11.0 Å². The molecule has 1 saturated carbocycles. The number of hydrogen-bond donors (Lipinski definition) is 1. The summed E-state index contributed by atoms with van der Waals surface area (Å²) in [4.78, 5) is 10.5. The van der Waals surface area contributed by atoms with Crippen molar-refractivity contribution in [2.45, 2.75) is 31.3 Å². The summed E-state index contributed by atoms with van der Waals surface area (Å²) < 4.78 is 6.20. The van der Waals surface area contributed by atoms with E-state index in [0.717, 1.165) is 61.5 Å². The first kappa shape index (κ1) is 25.7. The van der Waals surface area contributed by atoms with Crippen LogP contribution in [0.3, 0.4) is 0 Å². The molecule has 2 aliphatic rings. The topological polar surface area (TPSA) is 61.4 Å². The van der Waals surface area contributed by atoms with Crippen molar-refractivity contribution < 1.29 is 14.4 Å². The molecule has 6 nitrogen and oxygen atoms in total. The van der Waals surface area contributed by atoms with E-state index in [1.807, 2.05) is 24.3 Å². The third-order valence-electron chi connectivity index (χ3n) is 8.32. The zero-order valence-electron chi connectivity index (χ0n) is 22.6. The van der Waals surface area contributed by atoms with Gasteiger partial charge >= 0.3 is 0 Å². The summed E-state index contributed by atoms with van der Waals surface area (Å²) in [7, 11) is 0. The summed E-state index contributed by atoms with van der Waals surface area (Å²) in [6.45, 7) is 6.79. The van der Waals surface area contributed by atoms with Gasteiger partial charge in [0.05, 0.1) is 0 Å². The fourth-order valence-electron chi connectivity index (χ4n) is 6.10. The first-order valence-corrected chi connectivity index (χ1v) is 14.0. The van der Waals surface area contributed by atoms with E-state index in [2.05, 4.69) is 88.6 Å². The van der Waals surface area contributed by atoms with E-state index in [4.69, 9.17) is 9.25 Å². The fourth-order valence-corrected chi connectivity index (χ4v) is 6.10. The molecule has 0 amide bonds. The number of furan rings is 1. The highest BCUT2D eigenvalue weighted by atomic mass is 16.6. The number of nitrogens with zero attached hydrogens (tertiary/aromatic N) is 3. The molecule has 2 heterocycles. The molecule has 1 aliphatic heterocycles. The van der Waals surface area contributed by atoms with Gasteiger partial charge in [-0.3, -0.25) is 4.90 Å². The molecule has 0 bridgehead atoms. The average Bonchev–Trinajstić information content (AvgIpc) is 3.39. The molecule has 4 aromatic rings. The van der Waals surface area contributed by atoms with Crippen molar-refractivity contribution in [2.75, 3.05) is 44.2 Å². The molecule has 1 aliphatic carbocycles. The smallest absolute Gasteiger partial charge is 0.153 e. The predicted molar refractivity (Wildman–Crippen MR) is 156 cm³/mol. The van der Waals surface area contributed by atoms with E-state index in [9.17, 15) is 5.11 Å². The number of para-hydroxylation sites is 2. The average molecular weight is 524 g/mol. The van der Waals surface area contributed by atoms with E-state index >= 15 is 0 Å². The number of aliphatic hydroxyl groups excluding tert-OH is 1. The van der Waals surface area contributed by atoms with Crippen molar-refractivity contribution in [3.05, 3.63) is 102 Å². The summed E-state index contributed by atoms with van der Waals surface area (Å²) in [5.74, 6) is 0.988. The van der Waals surface area contributed by atoms with Crippen LogP contribution in [-0.2, 0) is 10.3 Å². The van der Waals surface area contributed by atoms with E-state index < -0.39 is 6.10 Å². The highest BCUT2D eigenvalue weighted by Crippen LogP contribution is 2.49. The lowest BCUT2D eigenvalue weighted by molar-refractivity contribution is 0.0169. The summed E-state index contributed by atoms with van der Waals surface area (Å²) in [5.41, 5.74) is 4.41. The maximum atomic E-state index is 10.8. The van der Waals surface area contributed by atoms with Gasteiger partial charge < -0.3 is 19.3 Å². The van der Waals surface area contributed by atoms with Gasteiger partial charge in [-0.2, -0.15) is 0 Å². The Morgan fingerprint density at radius 3 is 2.33 bits per heavy atom. The molecule has 1 saturated heterocycles. The van der Waals surface area contributed by atoms with Gasteiger partial charge in [-0.25, -0.2) is 0 Å². The minimum absolute atomic E-state index is 0.111. The number of β-amino-alcohol motifs (C(OH)–C–C–N with tert-alkyl or cyclic N) is 1. The summed E-state index contributed by atoms with van der Waals surface area (Å²) in [6, 6.07) is 31.3. The van der Waals surface area contributed by atoms with Crippen molar-refractivity contribution in [3.8, 4) is 0 Å². The second-order valence-electron chi connectivity index (χ2n) is 11.2. The van der Waals surface area contributed by atoms with E-state index in [1.54, 1.807) is 0 Å². The second kappa shape index (κ2) is 11.2. The maximum Gasteiger partial charge on any atom is 0.153 e. The van der Waals surface area contributed by atoms with Crippen LogP contribution in [0.5, 0.6) is 0 Å². The van der Waals surface area contributed by atoms with E-state index in [0.29, 0.717) is 6.54 Å². The lowest BCUT2D eigenvalue weighted by Gasteiger charge is -2.45. The molecule has 3 aromatic carbocycles. The van der Waals surface area contributed by atoms with Gasteiger partial charge in [0.25, 0.3) is 0 Å². The molecular formula is C33H37N3O3. The number of hydrogen-bond acceptors (Lipinski definition) is 6. The minimum atomic E-state index is -0.607. The summed E-state index contributed by atoms with van der Waals surface area (Å²) in [6.07, 6.45) is 1.35. The number of benzene rings is 3. The van der Waals surface area contributed by atoms with Crippen LogP contribution < -0.4 is 4.90 Å². The van der Waals surface area contributed by atoms with Crippen molar-refractivity contribution in [2.24, 2.45) is 11.1 Å². The predicted octanol–water partition coefficient (Wildman–Crippen LogP) is 5.70. The molecule has 6 rings (SSSR count). The number of oxime groups is 1. The lowest BCUT2D eigenvalue weighted by atomic mass is 9.58. The molecule has 1 unspecified atom stereocenters. The normalized spacial score (nSPS) is 23.0. The van der Waals surface area contributed by atoms with E-state index in [1.165, 1.54) is 11.3 Å². The van der Waals surface area contributed by atoms with Crippen molar-refractivity contribution >= 4 is 22.4 Å². The molecule has 1 aromatic heterocycles. The van der Waals surface area contributed by atoms with Gasteiger partial charge in [-0.15, -0.1) is 0 Å². The number of rotatable bonds is 9. The molecule has 202 valence electrons. The Labute approximate surface area is 230 Å². The molecule has 1 atom stereocenters. The Hall–Kier alpha value is -3.61. The summed E-state index contributed by atoms with van der Waals surface area (Å²) >= 11 is 0. The van der Waals surface area contributed by atoms with Crippen LogP contribution in [0.2, 0.25) is 0 Å². The molecule has 6 heteroatoms. The molecule has 0 radical (unpaired) electrons. The van der Waals surface area contributed by atoms with Crippen LogP contribution >= 0.6 is 0 Å². The van der Waals surface area contributed by atoms with Gasteiger partial charge in [0.2, 0.25) is 0 Å². The number of piperazine rings is 1. The SMILES string of the molecule is CC1(c2ccccc2)CC(/C(=N\OCC(O)CN2CCN(c3ccccc3)CC2)c2cc3ccccc3o2)C1. The molecule has 1 N–H and O–H groups in total. The molecular weight excluding hydrogens is 486 g/mol. The third-order valence-corrected chi connectivity index (χ3v) is 8.32. The van der Waals surface area contributed by atoms with E-state index in [-0.39, 0.29) is 17.9 Å². The van der Waals surface area contributed by atoms with Crippen LogP contribution in [0.15, 0.2) is 101 Å². The number of fused-ring (bicyclic) bond motifs is 1. The van der Waals surface area contributed by atoms with Crippen molar-refractivity contribution in [1.29, 1.82) is 0 Å². The van der Waals surface area contributed by atoms with Gasteiger partial charge in [0.1, 0.15) is 24.0 Å². The van der Waals surface area contributed by atoms with Crippen LogP contribution in [0, 0.1) is 5.92 Å². The highest BCUT2D eigenvalue weighted by molar-refractivity contribution is 6.03. The Morgan fingerprint density at radius 1 is 0.949 bits per heavy atom. The van der Waals surface area contributed by atoms with Crippen LogP contribution in [0.1, 0.15) is 31.1 Å². The van der Waals surface area contributed by atoms with Crippen molar-refractivity contribution in [1.82, 2.24) is 4.90 Å². The monoisotopic (exact) mass is 523 g/mol.